The molecular formula is C18H17FN2O2S. The molecular weight excluding hydrogens is 327 g/mol. The smallest absolute Gasteiger partial charge is 0.262 e. The Kier molecular flexibility index (Phi) is 4.87. The number of benzene rings is 1. The van der Waals surface area contributed by atoms with Crippen LogP contribution in [0.15, 0.2) is 42.7 Å². The first-order chi connectivity index (χ1) is 11.6. The summed E-state index contributed by atoms with van der Waals surface area (Å²) in [4.78, 5) is 17.2. The first kappa shape index (κ1) is 16.5. The second-order valence-electron chi connectivity index (χ2n) is 5.44. The SMILES string of the molecule is COCc1c(C(=O)NC(C)c2cccnc2)sc2cccc(F)c12. The van der Waals surface area contributed by atoms with Gasteiger partial charge in [-0.3, -0.25) is 9.78 Å². The zero-order valence-electron chi connectivity index (χ0n) is 13.4. The van der Waals surface area contributed by atoms with Crippen molar-refractivity contribution in [2.75, 3.05) is 7.11 Å². The molecule has 0 bridgehead atoms. The van der Waals surface area contributed by atoms with Crippen LogP contribution in [0.25, 0.3) is 10.1 Å². The fraction of sp³-hybridized carbons (Fsp3) is 0.222. The highest BCUT2D eigenvalue weighted by atomic mass is 32.1. The number of hydrogen-bond donors (Lipinski definition) is 1. The number of hydrogen-bond acceptors (Lipinski definition) is 4. The molecule has 1 aromatic carbocycles. The van der Waals surface area contributed by atoms with Crippen LogP contribution in [0.2, 0.25) is 0 Å². The van der Waals surface area contributed by atoms with E-state index >= 15 is 0 Å². The van der Waals surface area contributed by atoms with Crippen molar-refractivity contribution >= 4 is 27.3 Å². The number of methoxy groups -OCH3 is 1. The Balaban J connectivity index is 1.95. The second-order valence-corrected chi connectivity index (χ2v) is 6.49. The van der Waals surface area contributed by atoms with Crippen LogP contribution < -0.4 is 5.32 Å². The van der Waals surface area contributed by atoms with Crippen molar-refractivity contribution in [2.24, 2.45) is 0 Å². The lowest BCUT2D eigenvalue weighted by Gasteiger charge is -2.14. The Labute approximate surface area is 143 Å². The van der Waals surface area contributed by atoms with Gasteiger partial charge in [0, 0.05) is 35.2 Å². The molecule has 0 fully saturated rings. The number of amides is 1. The van der Waals surface area contributed by atoms with Gasteiger partial charge in [0.1, 0.15) is 5.82 Å². The summed E-state index contributed by atoms with van der Waals surface area (Å²) in [6.45, 7) is 2.07. The third-order valence-electron chi connectivity index (χ3n) is 3.79. The summed E-state index contributed by atoms with van der Waals surface area (Å²) in [5, 5.41) is 3.41. The van der Waals surface area contributed by atoms with Gasteiger partial charge >= 0.3 is 0 Å². The number of pyridine rings is 1. The number of carbonyl (C=O) groups is 1. The third-order valence-corrected chi connectivity index (χ3v) is 4.99. The molecule has 0 aliphatic heterocycles. The summed E-state index contributed by atoms with van der Waals surface area (Å²) in [5.41, 5.74) is 1.50. The maximum absolute atomic E-state index is 14.2. The first-order valence-corrected chi connectivity index (χ1v) is 8.33. The number of halogens is 1. The van der Waals surface area contributed by atoms with Crippen molar-refractivity contribution in [2.45, 2.75) is 19.6 Å². The Morgan fingerprint density at radius 1 is 1.38 bits per heavy atom. The predicted molar refractivity (Wildman–Crippen MR) is 92.6 cm³/mol. The van der Waals surface area contributed by atoms with Crippen LogP contribution in [-0.4, -0.2) is 18.0 Å². The van der Waals surface area contributed by atoms with Crippen molar-refractivity contribution in [3.63, 3.8) is 0 Å². The Morgan fingerprint density at radius 3 is 2.92 bits per heavy atom. The summed E-state index contributed by atoms with van der Waals surface area (Å²) in [6, 6.07) is 8.38. The molecule has 0 saturated heterocycles. The average Bonchev–Trinajstić information content (AvgIpc) is 2.96. The van der Waals surface area contributed by atoms with Gasteiger partial charge in [-0.25, -0.2) is 4.39 Å². The van der Waals surface area contributed by atoms with Crippen LogP contribution in [0, 0.1) is 5.82 Å². The van der Waals surface area contributed by atoms with Gasteiger partial charge in [0.05, 0.1) is 17.5 Å². The fourth-order valence-electron chi connectivity index (χ4n) is 2.61. The molecule has 0 aliphatic carbocycles. The minimum atomic E-state index is -0.338. The van der Waals surface area contributed by atoms with E-state index in [1.807, 2.05) is 25.1 Å². The maximum Gasteiger partial charge on any atom is 0.262 e. The molecule has 1 N–H and O–H groups in total. The first-order valence-electron chi connectivity index (χ1n) is 7.51. The van der Waals surface area contributed by atoms with E-state index in [1.54, 1.807) is 18.5 Å². The lowest BCUT2D eigenvalue weighted by Crippen LogP contribution is -2.26. The lowest BCUT2D eigenvalue weighted by atomic mass is 10.1. The number of nitrogens with zero attached hydrogens (tertiary/aromatic N) is 1. The molecule has 3 rings (SSSR count). The van der Waals surface area contributed by atoms with Crippen molar-refractivity contribution < 1.29 is 13.9 Å². The fourth-order valence-corrected chi connectivity index (χ4v) is 3.74. The molecule has 6 heteroatoms. The maximum atomic E-state index is 14.2. The van der Waals surface area contributed by atoms with Gasteiger partial charge in [0.2, 0.25) is 0 Å². The largest absolute Gasteiger partial charge is 0.380 e. The van der Waals surface area contributed by atoms with Crippen LogP contribution in [0.1, 0.15) is 33.8 Å². The molecule has 2 aromatic heterocycles. The van der Waals surface area contributed by atoms with Gasteiger partial charge in [-0.1, -0.05) is 12.1 Å². The number of ether oxygens (including phenoxy) is 1. The van der Waals surface area contributed by atoms with Crippen molar-refractivity contribution in [3.05, 3.63) is 64.5 Å². The van der Waals surface area contributed by atoms with E-state index in [1.165, 1.54) is 24.5 Å². The quantitative estimate of drug-likeness (QED) is 0.759. The van der Waals surface area contributed by atoms with Gasteiger partial charge in [0.15, 0.2) is 0 Å². The topological polar surface area (TPSA) is 51.2 Å². The van der Waals surface area contributed by atoms with Crippen LogP contribution in [0.4, 0.5) is 4.39 Å². The zero-order valence-corrected chi connectivity index (χ0v) is 14.2. The average molecular weight is 344 g/mol. The van der Waals surface area contributed by atoms with Gasteiger partial charge in [-0.05, 0) is 30.7 Å². The van der Waals surface area contributed by atoms with Crippen LogP contribution in [-0.2, 0) is 11.3 Å². The standard InChI is InChI=1S/C18H17FN2O2S/c1-11(12-5-4-8-20-9-12)21-18(22)17-13(10-23-2)16-14(19)6-3-7-15(16)24-17/h3-9,11H,10H2,1-2H3,(H,21,22). The molecule has 0 radical (unpaired) electrons. The van der Waals surface area contributed by atoms with E-state index in [0.29, 0.717) is 15.8 Å². The number of carbonyl (C=O) groups excluding carboxylic acids is 1. The molecule has 0 aliphatic rings. The normalized spacial score (nSPS) is 12.3. The lowest BCUT2D eigenvalue weighted by molar-refractivity contribution is 0.0939. The molecule has 124 valence electrons. The molecule has 2 heterocycles. The molecule has 1 amide bonds. The Bertz CT molecular complexity index is 864. The van der Waals surface area contributed by atoms with Gasteiger partial charge in [-0.15, -0.1) is 11.3 Å². The van der Waals surface area contributed by atoms with Gasteiger partial charge < -0.3 is 10.1 Å². The van der Waals surface area contributed by atoms with Crippen molar-refractivity contribution in [3.8, 4) is 0 Å². The molecule has 0 saturated carbocycles. The third kappa shape index (κ3) is 3.16. The molecule has 3 aromatic rings. The van der Waals surface area contributed by atoms with E-state index in [2.05, 4.69) is 10.3 Å². The highest BCUT2D eigenvalue weighted by molar-refractivity contribution is 7.21. The number of nitrogens with one attached hydrogen (secondary N) is 1. The number of rotatable bonds is 5. The van der Waals surface area contributed by atoms with E-state index in [9.17, 15) is 9.18 Å². The molecule has 4 nitrogen and oxygen atoms in total. The number of fused-ring (bicyclic) bond motifs is 1. The van der Waals surface area contributed by atoms with E-state index in [0.717, 1.165) is 10.3 Å². The summed E-state index contributed by atoms with van der Waals surface area (Å²) >= 11 is 1.28. The summed E-state index contributed by atoms with van der Waals surface area (Å²) < 4.78 is 20.1. The highest BCUT2D eigenvalue weighted by Crippen LogP contribution is 2.34. The monoisotopic (exact) mass is 344 g/mol. The van der Waals surface area contributed by atoms with Crippen LogP contribution in [0.5, 0.6) is 0 Å². The summed E-state index contributed by atoms with van der Waals surface area (Å²) in [5.74, 6) is -0.575. The highest BCUT2D eigenvalue weighted by Gasteiger charge is 2.22. The molecule has 1 atom stereocenters. The Morgan fingerprint density at radius 2 is 2.21 bits per heavy atom. The van der Waals surface area contributed by atoms with E-state index < -0.39 is 0 Å². The predicted octanol–water partition coefficient (Wildman–Crippen LogP) is 4.07. The van der Waals surface area contributed by atoms with Crippen LogP contribution >= 0.6 is 11.3 Å². The number of aromatic nitrogens is 1. The summed E-state index contributed by atoms with van der Waals surface area (Å²) in [6.07, 6.45) is 3.40. The summed E-state index contributed by atoms with van der Waals surface area (Å²) in [7, 11) is 1.53. The van der Waals surface area contributed by atoms with Crippen molar-refractivity contribution in [1.82, 2.24) is 10.3 Å². The van der Waals surface area contributed by atoms with E-state index in [-0.39, 0.29) is 24.4 Å². The molecule has 1 unspecified atom stereocenters. The minimum absolute atomic E-state index is 0.185. The van der Waals surface area contributed by atoms with Gasteiger partial charge in [-0.2, -0.15) is 0 Å². The molecule has 24 heavy (non-hydrogen) atoms. The van der Waals surface area contributed by atoms with E-state index in [4.69, 9.17) is 4.74 Å². The van der Waals surface area contributed by atoms with Gasteiger partial charge in [0.25, 0.3) is 5.91 Å². The zero-order chi connectivity index (χ0) is 17.1. The number of thiophene rings is 1. The minimum Gasteiger partial charge on any atom is -0.380 e. The van der Waals surface area contributed by atoms with Crippen molar-refractivity contribution in [1.29, 1.82) is 0 Å². The molecule has 0 spiro atoms. The Hall–Kier alpha value is -2.31. The second kappa shape index (κ2) is 7.07. The van der Waals surface area contributed by atoms with Crippen LogP contribution in [0.3, 0.4) is 0 Å².